The molecule has 1 aliphatic rings. The van der Waals surface area contributed by atoms with Crippen LogP contribution in [0.25, 0.3) is 5.65 Å². The number of anilines is 1. The number of pyridine rings is 1. The highest BCUT2D eigenvalue weighted by Crippen LogP contribution is 2.37. The van der Waals surface area contributed by atoms with Crippen LogP contribution in [-0.4, -0.2) is 34.5 Å². The molecule has 0 radical (unpaired) electrons. The molecule has 6 nitrogen and oxygen atoms in total. The van der Waals surface area contributed by atoms with Crippen LogP contribution in [0.15, 0.2) is 36.5 Å². The van der Waals surface area contributed by atoms with Crippen molar-refractivity contribution in [3.8, 4) is 0 Å². The highest BCUT2D eigenvalue weighted by Gasteiger charge is 2.28. The number of nitrogens with one attached hydrogen (secondary N) is 1. The van der Waals surface area contributed by atoms with E-state index in [1.165, 1.54) is 10.6 Å². The zero-order valence-corrected chi connectivity index (χ0v) is 16.1. The third-order valence-corrected chi connectivity index (χ3v) is 5.18. The van der Waals surface area contributed by atoms with Gasteiger partial charge in [0.15, 0.2) is 5.65 Å². The predicted molar refractivity (Wildman–Crippen MR) is 105 cm³/mol. The van der Waals surface area contributed by atoms with Crippen LogP contribution in [0.3, 0.4) is 0 Å². The lowest BCUT2D eigenvalue weighted by atomic mass is 9.91. The summed E-state index contributed by atoms with van der Waals surface area (Å²) in [5, 5.41) is 5.07. The topological polar surface area (TPSA) is 58.9 Å². The molecule has 3 heterocycles. The van der Waals surface area contributed by atoms with E-state index in [-0.39, 0.29) is 12.0 Å². The quantitative estimate of drug-likeness (QED) is 0.719. The maximum absolute atomic E-state index is 12.7. The summed E-state index contributed by atoms with van der Waals surface area (Å²) in [6, 6.07) is 10.6. The molecule has 1 aliphatic heterocycles. The number of carbonyl (C=O) groups is 1. The Balaban J connectivity index is 1.86. The molecule has 0 fully saturated rings. The second-order valence-corrected chi connectivity index (χ2v) is 7.21. The number of hydrogen-bond donors (Lipinski definition) is 1. The third kappa shape index (κ3) is 3.06. The Labute approximate surface area is 158 Å². The zero-order valence-electron chi connectivity index (χ0n) is 16.1. The van der Waals surface area contributed by atoms with Crippen molar-refractivity contribution in [1.82, 2.24) is 14.4 Å². The fraction of sp³-hybridized carbons (Fsp3) is 0.333. The number of fused-ring (bicyclic) bond motifs is 3. The van der Waals surface area contributed by atoms with E-state index in [1.54, 1.807) is 14.1 Å². The van der Waals surface area contributed by atoms with Gasteiger partial charge in [-0.25, -0.2) is 9.78 Å². The molecule has 27 heavy (non-hydrogen) atoms. The summed E-state index contributed by atoms with van der Waals surface area (Å²) in [5.41, 5.74) is 6.58. The first kappa shape index (κ1) is 17.5. The van der Waals surface area contributed by atoms with Crippen molar-refractivity contribution >= 4 is 17.3 Å². The lowest BCUT2D eigenvalue weighted by Crippen LogP contribution is -2.24. The van der Waals surface area contributed by atoms with Crippen LogP contribution in [0.1, 0.15) is 45.3 Å². The molecule has 0 spiro atoms. The number of nitrogens with zero attached hydrogens (tertiary/aromatic N) is 3. The average Bonchev–Trinajstić information content (AvgIpc) is 2.95. The minimum Gasteiger partial charge on any atom is -0.375 e. The van der Waals surface area contributed by atoms with Gasteiger partial charge >= 0.3 is 5.97 Å². The summed E-state index contributed by atoms with van der Waals surface area (Å²) < 4.78 is 1.99. The van der Waals surface area contributed by atoms with Crippen LogP contribution < -0.4 is 5.32 Å². The van der Waals surface area contributed by atoms with Gasteiger partial charge in [0.2, 0.25) is 0 Å². The molecule has 3 aromatic rings. The molecule has 1 N–H and O–H groups in total. The van der Waals surface area contributed by atoms with E-state index in [2.05, 4.69) is 29.6 Å². The Morgan fingerprint density at radius 1 is 1.26 bits per heavy atom. The van der Waals surface area contributed by atoms with Crippen LogP contribution in [0.2, 0.25) is 0 Å². The summed E-state index contributed by atoms with van der Waals surface area (Å²) in [7, 11) is 3.42. The van der Waals surface area contributed by atoms with Crippen LogP contribution >= 0.6 is 0 Å². The van der Waals surface area contributed by atoms with Crippen molar-refractivity contribution in [2.24, 2.45) is 0 Å². The minimum atomic E-state index is -0.344. The minimum absolute atomic E-state index is 0.194. The van der Waals surface area contributed by atoms with Gasteiger partial charge in [-0.05, 0) is 37.8 Å². The Morgan fingerprint density at radius 3 is 2.70 bits per heavy atom. The monoisotopic (exact) mass is 364 g/mol. The molecule has 0 amide bonds. The first-order chi connectivity index (χ1) is 13.0. The third-order valence-electron chi connectivity index (χ3n) is 5.18. The second kappa shape index (κ2) is 6.70. The summed E-state index contributed by atoms with van der Waals surface area (Å²) in [6.07, 6.45) is 3.56. The molecule has 0 bridgehead atoms. The number of rotatable bonds is 3. The van der Waals surface area contributed by atoms with Gasteiger partial charge in [0.1, 0.15) is 0 Å². The van der Waals surface area contributed by atoms with Gasteiger partial charge in [-0.1, -0.05) is 30.3 Å². The van der Waals surface area contributed by atoms with Crippen molar-refractivity contribution in [3.63, 3.8) is 0 Å². The number of imidazole rings is 1. The molecule has 140 valence electrons. The van der Waals surface area contributed by atoms with Gasteiger partial charge in [-0.2, -0.15) is 0 Å². The summed E-state index contributed by atoms with van der Waals surface area (Å²) in [4.78, 5) is 22.8. The fourth-order valence-electron chi connectivity index (χ4n) is 3.71. The Morgan fingerprint density at radius 2 is 2.00 bits per heavy atom. The molecule has 0 aliphatic carbocycles. The number of benzene rings is 1. The van der Waals surface area contributed by atoms with E-state index in [0.29, 0.717) is 5.56 Å². The average molecular weight is 364 g/mol. The Kier molecular flexibility index (Phi) is 4.36. The molecule has 0 saturated carbocycles. The van der Waals surface area contributed by atoms with E-state index < -0.39 is 0 Å². The number of hydroxylamine groups is 2. The first-order valence-corrected chi connectivity index (χ1v) is 9.18. The van der Waals surface area contributed by atoms with Gasteiger partial charge in [0, 0.05) is 26.0 Å². The molecule has 0 unspecified atom stereocenters. The summed E-state index contributed by atoms with van der Waals surface area (Å²) in [6.45, 7) is 4.00. The molecular weight excluding hydrogens is 340 g/mol. The summed E-state index contributed by atoms with van der Waals surface area (Å²) in [5.74, 6) is -0.344. The van der Waals surface area contributed by atoms with Crippen LogP contribution in [0.4, 0.5) is 5.69 Å². The lowest BCUT2D eigenvalue weighted by Gasteiger charge is -2.29. The van der Waals surface area contributed by atoms with Gasteiger partial charge in [0.05, 0.1) is 23.0 Å². The Bertz CT molecular complexity index is 1010. The highest BCUT2D eigenvalue weighted by molar-refractivity contribution is 5.95. The lowest BCUT2D eigenvalue weighted by molar-refractivity contribution is -0.0714. The van der Waals surface area contributed by atoms with Crippen molar-refractivity contribution in [1.29, 1.82) is 0 Å². The van der Waals surface area contributed by atoms with Crippen molar-refractivity contribution in [3.05, 3.63) is 64.6 Å². The zero-order chi connectivity index (χ0) is 19.1. The molecule has 2 aromatic heterocycles. The van der Waals surface area contributed by atoms with E-state index in [9.17, 15) is 4.79 Å². The van der Waals surface area contributed by atoms with Gasteiger partial charge < -0.3 is 14.6 Å². The van der Waals surface area contributed by atoms with Crippen molar-refractivity contribution in [2.45, 2.75) is 32.7 Å². The number of hydrogen-bond acceptors (Lipinski definition) is 5. The molecular formula is C21H24N4O2. The maximum atomic E-state index is 12.7. The van der Waals surface area contributed by atoms with Gasteiger partial charge in [0.25, 0.3) is 0 Å². The van der Waals surface area contributed by atoms with Crippen molar-refractivity contribution in [2.75, 3.05) is 19.4 Å². The number of carbonyl (C=O) groups excluding carboxylic acids is 1. The van der Waals surface area contributed by atoms with E-state index in [4.69, 9.17) is 9.82 Å². The maximum Gasteiger partial charge on any atom is 0.358 e. The van der Waals surface area contributed by atoms with Crippen molar-refractivity contribution < 1.29 is 9.63 Å². The molecule has 4 rings (SSSR count). The van der Waals surface area contributed by atoms with Gasteiger partial charge in [-0.15, -0.1) is 5.06 Å². The summed E-state index contributed by atoms with van der Waals surface area (Å²) >= 11 is 0. The second-order valence-electron chi connectivity index (χ2n) is 7.21. The molecule has 1 aromatic carbocycles. The highest BCUT2D eigenvalue weighted by atomic mass is 16.7. The normalized spacial score (nSPS) is 16.3. The molecule has 1 atom stereocenters. The molecule has 6 heteroatoms. The van der Waals surface area contributed by atoms with Gasteiger partial charge in [-0.3, -0.25) is 0 Å². The first-order valence-electron chi connectivity index (χ1n) is 9.18. The number of aryl methyl sites for hydroxylation is 2. The number of aromatic nitrogens is 2. The smallest absolute Gasteiger partial charge is 0.358 e. The van der Waals surface area contributed by atoms with E-state index in [1.807, 2.05) is 30.5 Å². The van der Waals surface area contributed by atoms with Crippen LogP contribution in [0, 0.1) is 13.8 Å². The van der Waals surface area contributed by atoms with E-state index >= 15 is 0 Å². The SMILES string of the molecule is Cc1nc2c3c(c(C(=O)ON(C)C)cn2c1C)CC[C@@H](c1ccccc1)N3. The predicted octanol–water partition coefficient (Wildman–Crippen LogP) is 3.68. The Hall–Kier alpha value is -2.86. The van der Waals surface area contributed by atoms with Crippen LogP contribution in [-0.2, 0) is 11.3 Å². The van der Waals surface area contributed by atoms with Crippen LogP contribution in [0.5, 0.6) is 0 Å². The standard InChI is InChI=1S/C21H24N4O2/c1-13-14(2)25-12-17(21(26)27-24(3)4)16-10-11-18(15-8-6-5-7-9-15)23-19(16)20(25)22-13/h5-9,12,18,23H,10-11H2,1-4H3/t18-/m0/s1. The van der Waals surface area contributed by atoms with E-state index in [0.717, 1.165) is 41.1 Å². The largest absolute Gasteiger partial charge is 0.375 e. The fourth-order valence-corrected chi connectivity index (χ4v) is 3.71. The molecule has 0 saturated heterocycles.